The first-order chi connectivity index (χ1) is 13.8. The topological polar surface area (TPSA) is 107 Å². The van der Waals surface area contributed by atoms with E-state index in [9.17, 15) is 13.2 Å². The van der Waals surface area contributed by atoms with E-state index in [1.807, 2.05) is 0 Å². The maximum Gasteiger partial charge on any atom is 0.267 e. The van der Waals surface area contributed by atoms with Gasteiger partial charge in [0.05, 0.1) is 24.8 Å². The van der Waals surface area contributed by atoms with Crippen LogP contribution in [0.25, 0.3) is 0 Å². The van der Waals surface area contributed by atoms with Crippen molar-refractivity contribution in [2.45, 2.75) is 11.8 Å². The van der Waals surface area contributed by atoms with Crippen LogP contribution < -0.4 is 19.5 Å². The predicted molar refractivity (Wildman–Crippen MR) is 112 cm³/mol. The number of thiazole rings is 1. The number of ether oxygens (including phenoxy) is 2. The number of anilines is 2. The third kappa shape index (κ3) is 4.84. The first-order valence-corrected chi connectivity index (χ1v) is 10.7. The van der Waals surface area contributed by atoms with Gasteiger partial charge in [0.2, 0.25) is 0 Å². The third-order valence-electron chi connectivity index (χ3n) is 3.94. The molecule has 0 saturated carbocycles. The molecule has 1 amide bonds. The summed E-state index contributed by atoms with van der Waals surface area (Å²) in [5, 5.41) is 2.87. The van der Waals surface area contributed by atoms with Gasteiger partial charge in [0, 0.05) is 5.69 Å². The van der Waals surface area contributed by atoms with Gasteiger partial charge < -0.3 is 14.8 Å². The van der Waals surface area contributed by atoms with Crippen molar-refractivity contribution in [3.8, 4) is 11.5 Å². The largest absolute Gasteiger partial charge is 0.497 e. The second-order valence-electron chi connectivity index (χ2n) is 5.90. The van der Waals surface area contributed by atoms with E-state index in [1.165, 1.54) is 19.2 Å². The summed E-state index contributed by atoms with van der Waals surface area (Å²) in [7, 11) is -0.780. The molecule has 1 heterocycles. The summed E-state index contributed by atoms with van der Waals surface area (Å²) < 4.78 is 37.6. The zero-order chi connectivity index (χ0) is 21.0. The minimum atomic E-state index is -3.84. The number of aromatic nitrogens is 1. The molecule has 1 aromatic heterocycles. The molecule has 0 saturated heterocycles. The highest BCUT2D eigenvalue weighted by Crippen LogP contribution is 2.27. The van der Waals surface area contributed by atoms with Gasteiger partial charge in [0.15, 0.2) is 5.13 Å². The van der Waals surface area contributed by atoms with Crippen LogP contribution in [0.5, 0.6) is 11.5 Å². The van der Waals surface area contributed by atoms with E-state index in [4.69, 9.17) is 9.47 Å². The lowest BCUT2D eigenvalue weighted by molar-refractivity contribution is 0.103. The fraction of sp³-hybridized carbons (Fsp3) is 0.158. The first-order valence-electron chi connectivity index (χ1n) is 8.42. The number of sulfonamides is 1. The van der Waals surface area contributed by atoms with E-state index in [0.717, 1.165) is 11.3 Å². The van der Waals surface area contributed by atoms with Gasteiger partial charge in [-0.15, -0.1) is 0 Å². The Hall–Kier alpha value is -3.11. The fourth-order valence-corrected chi connectivity index (χ4v) is 4.54. The smallest absolute Gasteiger partial charge is 0.267 e. The van der Waals surface area contributed by atoms with E-state index >= 15 is 0 Å². The van der Waals surface area contributed by atoms with Crippen molar-refractivity contribution in [1.82, 2.24) is 4.98 Å². The monoisotopic (exact) mass is 433 g/mol. The van der Waals surface area contributed by atoms with Crippen LogP contribution in [0, 0.1) is 6.92 Å². The average Bonchev–Trinajstić information content (AvgIpc) is 3.08. The van der Waals surface area contributed by atoms with Crippen LogP contribution in [-0.4, -0.2) is 33.5 Å². The molecule has 0 fully saturated rings. The molecule has 0 aliphatic rings. The number of hydrogen-bond donors (Lipinski definition) is 2. The van der Waals surface area contributed by atoms with Crippen LogP contribution in [0.2, 0.25) is 0 Å². The van der Waals surface area contributed by atoms with Gasteiger partial charge in [0.25, 0.3) is 15.9 Å². The first kappa shape index (κ1) is 20.6. The summed E-state index contributed by atoms with van der Waals surface area (Å²) >= 11 is 0.961. The molecule has 0 atom stereocenters. The summed E-state index contributed by atoms with van der Waals surface area (Å²) in [4.78, 5) is 17.1. The molecule has 0 aliphatic carbocycles. The van der Waals surface area contributed by atoms with Crippen LogP contribution in [0.1, 0.15) is 15.4 Å². The summed E-state index contributed by atoms with van der Waals surface area (Å²) in [6.07, 6.45) is 0. The predicted octanol–water partition coefficient (Wildman–Crippen LogP) is 3.52. The van der Waals surface area contributed by atoms with Gasteiger partial charge in [-0.05, 0) is 55.5 Å². The maximum absolute atomic E-state index is 12.5. The molecular formula is C19H19N3O5S2. The lowest BCUT2D eigenvalue weighted by Gasteiger charge is -2.06. The van der Waals surface area contributed by atoms with Crippen molar-refractivity contribution in [3.05, 3.63) is 59.1 Å². The Balaban J connectivity index is 1.75. The Morgan fingerprint density at radius 3 is 2.07 bits per heavy atom. The number of aryl methyl sites for hydroxylation is 1. The lowest BCUT2D eigenvalue weighted by Crippen LogP contribution is -2.12. The van der Waals surface area contributed by atoms with Crippen LogP contribution in [0.4, 0.5) is 10.8 Å². The van der Waals surface area contributed by atoms with Crippen molar-refractivity contribution in [2.75, 3.05) is 24.3 Å². The molecule has 0 aliphatic heterocycles. The molecule has 0 radical (unpaired) electrons. The van der Waals surface area contributed by atoms with Gasteiger partial charge in [-0.2, -0.15) is 0 Å². The summed E-state index contributed by atoms with van der Waals surface area (Å²) in [5.74, 6) is 0.846. The quantitative estimate of drug-likeness (QED) is 0.590. The van der Waals surface area contributed by atoms with Crippen molar-refractivity contribution in [1.29, 1.82) is 0 Å². The van der Waals surface area contributed by atoms with Crippen molar-refractivity contribution >= 4 is 38.1 Å². The number of benzene rings is 2. The highest BCUT2D eigenvalue weighted by molar-refractivity contribution is 7.93. The normalized spacial score (nSPS) is 11.0. The number of hydrogen-bond acceptors (Lipinski definition) is 7. The highest BCUT2D eigenvalue weighted by Gasteiger charge is 2.20. The molecule has 0 spiro atoms. The minimum Gasteiger partial charge on any atom is -0.497 e. The molecule has 3 rings (SSSR count). The van der Waals surface area contributed by atoms with Gasteiger partial charge in [0.1, 0.15) is 16.4 Å². The Bertz CT molecular complexity index is 1110. The van der Waals surface area contributed by atoms with Gasteiger partial charge in [-0.1, -0.05) is 11.3 Å². The van der Waals surface area contributed by atoms with Crippen molar-refractivity contribution < 1.29 is 22.7 Å². The van der Waals surface area contributed by atoms with Crippen LogP contribution in [-0.2, 0) is 10.0 Å². The molecule has 8 nitrogen and oxygen atoms in total. The highest BCUT2D eigenvalue weighted by atomic mass is 32.2. The van der Waals surface area contributed by atoms with E-state index in [0.29, 0.717) is 27.8 Å². The molecule has 2 N–H and O–H groups in total. The van der Waals surface area contributed by atoms with Gasteiger partial charge in [-0.3, -0.25) is 9.52 Å². The average molecular weight is 434 g/mol. The molecule has 10 heteroatoms. The SMILES string of the molecule is COc1ccc(NC(=O)c2sc(NS(=O)(=O)c3ccc(OC)cc3)nc2C)cc1. The van der Waals surface area contributed by atoms with Crippen LogP contribution >= 0.6 is 11.3 Å². The van der Waals surface area contributed by atoms with E-state index in [-0.39, 0.29) is 15.9 Å². The van der Waals surface area contributed by atoms with Crippen molar-refractivity contribution in [2.24, 2.45) is 0 Å². The number of carbonyl (C=O) groups excluding carboxylic acids is 1. The van der Waals surface area contributed by atoms with Crippen LogP contribution in [0.15, 0.2) is 53.4 Å². The summed E-state index contributed by atoms with van der Waals surface area (Å²) in [6.45, 7) is 1.64. The molecule has 2 aromatic carbocycles. The van der Waals surface area contributed by atoms with E-state index < -0.39 is 10.0 Å². The zero-order valence-electron chi connectivity index (χ0n) is 15.9. The van der Waals surface area contributed by atoms with Gasteiger partial charge in [-0.25, -0.2) is 13.4 Å². The molecule has 0 unspecified atom stereocenters. The van der Waals surface area contributed by atoms with Crippen molar-refractivity contribution in [3.63, 3.8) is 0 Å². The Morgan fingerprint density at radius 2 is 1.52 bits per heavy atom. The third-order valence-corrected chi connectivity index (χ3v) is 6.50. The number of rotatable bonds is 7. The van der Waals surface area contributed by atoms with Crippen LogP contribution in [0.3, 0.4) is 0 Å². The molecular weight excluding hydrogens is 414 g/mol. The second kappa shape index (κ2) is 8.50. The molecule has 152 valence electrons. The zero-order valence-corrected chi connectivity index (χ0v) is 17.6. The molecule has 0 bridgehead atoms. The summed E-state index contributed by atoms with van der Waals surface area (Å²) in [6, 6.07) is 12.8. The Kier molecular flexibility index (Phi) is 6.04. The second-order valence-corrected chi connectivity index (χ2v) is 8.58. The number of carbonyl (C=O) groups is 1. The maximum atomic E-state index is 12.5. The van der Waals surface area contributed by atoms with E-state index in [1.54, 1.807) is 50.4 Å². The number of nitrogens with one attached hydrogen (secondary N) is 2. The fourth-order valence-electron chi connectivity index (χ4n) is 2.44. The minimum absolute atomic E-state index is 0.0652. The lowest BCUT2D eigenvalue weighted by atomic mass is 10.3. The molecule has 29 heavy (non-hydrogen) atoms. The molecule has 3 aromatic rings. The number of amides is 1. The van der Waals surface area contributed by atoms with Gasteiger partial charge >= 0.3 is 0 Å². The standard InChI is InChI=1S/C19H19N3O5S2/c1-12-17(18(23)21-13-4-6-14(26-2)7-5-13)28-19(20-12)22-29(24,25)16-10-8-15(27-3)9-11-16/h4-11H,1-3H3,(H,20,22)(H,21,23). The Labute approximate surface area is 172 Å². The summed E-state index contributed by atoms with van der Waals surface area (Å²) in [5.41, 5.74) is 1.01. The Morgan fingerprint density at radius 1 is 0.966 bits per heavy atom. The number of nitrogens with zero attached hydrogens (tertiary/aromatic N) is 1. The number of methoxy groups -OCH3 is 2. The van der Waals surface area contributed by atoms with E-state index in [2.05, 4.69) is 15.0 Å².